The molecule has 3 aromatic rings. The van der Waals surface area contributed by atoms with E-state index in [0.29, 0.717) is 41.1 Å². The molecule has 1 aromatic heterocycles. The molecular formula is C23H23N3O3. The fraction of sp³-hybridized carbons (Fsp3) is 0.348. The lowest BCUT2D eigenvalue weighted by Crippen LogP contribution is -1.96. The molecule has 6 nitrogen and oxygen atoms in total. The van der Waals surface area contributed by atoms with E-state index >= 15 is 0 Å². The Hall–Kier alpha value is -3.17. The number of aromatic nitrogens is 2. The number of ether oxygens (including phenoxy) is 1. The van der Waals surface area contributed by atoms with Gasteiger partial charge in [0.05, 0.1) is 12.2 Å². The first-order valence-electron chi connectivity index (χ1n) is 9.99. The van der Waals surface area contributed by atoms with Gasteiger partial charge in [0.25, 0.3) is 5.89 Å². The molecule has 0 saturated heterocycles. The summed E-state index contributed by atoms with van der Waals surface area (Å²) in [7, 11) is 0. The Morgan fingerprint density at radius 3 is 3.00 bits per heavy atom. The van der Waals surface area contributed by atoms with Crippen molar-refractivity contribution in [3.05, 3.63) is 53.1 Å². The van der Waals surface area contributed by atoms with Crippen LogP contribution in [0, 0.1) is 11.3 Å². The third kappa shape index (κ3) is 3.74. The van der Waals surface area contributed by atoms with Crippen LogP contribution in [0.5, 0.6) is 5.75 Å². The summed E-state index contributed by atoms with van der Waals surface area (Å²) in [5, 5.41) is 22.7. The van der Waals surface area contributed by atoms with Crippen LogP contribution in [-0.2, 0) is 6.42 Å². The number of nitriles is 1. The lowest BCUT2D eigenvalue weighted by molar-refractivity contribution is 0.279. The van der Waals surface area contributed by atoms with Gasteiger partial charge in [-0.15, -0.1) is 0 Å². The quantitative estimate of drug-likeness (QED) is 0.641. The van der Waals surface area contributed by atoms with E-state index < -0.39 is 0 Å². The Morgan fingerprint density at radius 2 is 2.21 bits per heavy atom. The fourth-order valence-electron chi connectivity index (χ4n) is 4.07. The molecule has 0 radical (unpaired) electrons. The van der Waals surface area contributed by atoms with Gasteiger partial charge in [-0.25, -0.2) is 0 Å². The standard InChI is InChI=1S/C23H23N3O3/c1-2-28-21-11-9-16(13-17(21)14-24)23-25-22(26-29-23)20-7-3-6-18-15(5-4-12-27)8-10-19(18)20/h3,6-7,9,11,13,15,27H,2,4-5,8,10,12H2,1H3/t15-/m1/s1. The number of nitrogens with zero attached hydrogens (tertiary/aromatic N) is 3. The molecule has 0 amide bonds. The number of hydrogen-bond acceptors (Lipinski definition) is 6. The molecule has 0 bridgehead atoms. The summed E-state index contributed by atoms with van der Waals surface area (Å²) >= 11 is 0. The van der Waals surface area contributed by atoms with Crippen LogP contribution in [0.3, 0.4) is 0 Å². The second-order valence-electron chi connectivity index (χ2n) is 7.15. The van der Waals surface area contributed by atoms with E-state index in [1.165, 1.54) is 11.1 Å². The molecule has 1 aliphatic rings. The van der Waals surface area contributed by atoms with Crippen LogP contribution in [-0.4, -0.2) is 28.5 Å². The molecule has 1 N–H and O–H groups in total. The zero-order valence-electron chi connectivity index (χ0n) is 16.4. The van der Waals surface area contributed by atoms with E-state index in [2.05, 4.69) is 22.3 Å². The lowest BCUT2D eigenvalue weighted by Gasteiger charge is -2.11. The van der Waals surface area contributed by atoms with E-state index in [0.717, 1.165) is 31.2 Å². The van der Waals surface area contributed by atoms with Crippen molar-refractivity contribution in [2.24, 2.45) is 0 Å². The van der Waals surface area contributed by atoms with Gasteiger partial charge in [0, 0.05) is 17.7 Å². The Bertz CT molecular complexity index is 1050. The van der Waals surface area contributed by atoms with Crippen molar-refractivity contribution in [2.75, 3.05) is 13.2 Å². The second kappa shape index (κ2) is 8.46. The van der Waals surface area contributed by atoms with Crippen molar-refractivity contribution < 1.29 is 14.4 Å². The minimum absolute atomic E-state index is 0.229. The molecule has 0 fully saturated rings. The van der Waals surface area contributed by atoms with Gasteiger partial charge in [-0.2, -0.15) is 10.2 Å². The molecule has 29 heavy (non-hydrogen) atoms. The van der Waals surface area contributed by atoms with Gasteiger partial charge in [-0.3, -0.25) is 0 Å². The summed E-state index contributed by atoms with van der Waals surface area (Å²) in [5.41, 5.74) is 4.73. The Kier molecular flexibility index (Phi) is 5.59. The monoisotopic (exact) mass is 389 g/mol. The topological polar surface area (TPSA) is 92.2 Å². The fourth-order valence-corrected chi connectivity index (χ4v) is 4.07. The molecular weight excluding hydrogens is 366 g/mol. The van der Waals surface area contributed by atoms with Crippen LogP contribution >= 0.6 is 0 Å². The third-order valence-electron chi connectivity index (χ3n) is 5.42. The van der Waals surface area contributed by atoms with E-state index in [-0.39, 0.29) is 6.61 Å². The van der Waals surface area contributed by atoms with Crippen molar-refractivity contribution in [1.82, 2.24) is 10.1 Å². The molecule has 0 unspecified atom stereocenters. The minimum Gasteiger partial charge on any atom is -0.492 e. The van der Waals surface area contributed by atoms with Gasteiger partial charge in [0.1, 0.15) is 11.8 Å². The highest BCUT2D eigenvalue weighted by atomic mass is 16.5. The maximum Gasteiger partial charge on any atom is 0.258 e. The number of benzene rings is 2. The molecule has 1 aliphatic carbocycles. The summed E-state index contributed by atoms with van der Waals surface area (Å²) in [6.45, 7) is 2.61. The first-order chi connectivity index (χ1) is 14.2. The molecule has 148 valence electrons. The first-order valence-corrected chi connectivity index (χ1v) is 9.99. The van der Waals surface area contributed by atoms with Gasteiger partial charge in [-0.05, 0) is 67.9 Å². The normalized spacial score (nSPS) is 15.1. The number of aliphatic hydroxyl groups is 1. The molecule has 2 aromatic carbocycles. The van der Waals surface area contributed by atoms with Crippen molar-refractivity contribution in [3.8, 4) is 34.7 Å². The predicted octanol–water partition coefficient (Wildman–Crippen LogP) is 4.48. The van der Waals surface area contributed by atoms with Crippen molar-refractivity contribution in [3.63, 3.8) is 0 Å². The number of fused-ring (bicyclic) bond motifs is 1. The van der Waals surface area contributed by atoms with Gasteiger partial charge >= 0.3 is 0 Å². The number of hydrogen-bond donors (Lipinski definition) is 1. The van der Waals surface area contributed by atoms with Crippen molar-refractivity contribution in [1.29, 1.82) is 5.26 Å². The van der Waals surface area contributed by atoms with Crippen molar-refractivity contribution >= 4 is 0 Å². The van der Waals surface area contributed by atoms with E-state index in [9.17, 15) is 5.26 Å². The highest BCUT2D eigenvalue weighted by Crippen LogP contribution is 2.40. The molecule has 0 spiro atoms. The van der Waals surface area contributed by atoms with Gasteiger partial charge in [0.2, 0.25) is 5.82 Å². The zero-order valence-corrected chi connectivity index (χ0v) is 16.4. The van der Waals surface area contributed by atoms with Crippen LogP contribution < -0.4 is 4.74 Å². The van der Waals surface area contributed by atoms with Gasteiger partial charge < -0.3 is 14.4 Å². The second-order valence-corrected chi connectivity index (χ2v) is 7.15. The van der Waals surface area contributed by atoms with E-state index in [1.54, 1.807) is 12.1 Å². The summed E-state index contributed by atoms with van der Waals surface area (Å²) in [6.07, 6.45) is 3.88. The molecule has 0 saturated carbocycles. The first kappa shape index (κ1) is 19.2. The molecule has 1 atom stereocenters. The zero-order chi connectivity index (χ0) is 20.2. The smallest absolute Gasteiger partial charge is 0.258 e. The average Bonchev–Trinajstić information content (AvgIpc) is 3.40. The Labute approximate surface area is 169 Å². The molecule has 1 heterocycles. The van der Waals surface area contributed by atoms with Crippen LogP contribution in [0.15, 0.2) is 40.9 Å². The lowest BCUT2D eigenvalue weighted by atomic mass is 9.95. The van der Waals surface area contributed by atoms with Crippen LogP contribution in [0.1, 0.15) is 48.8 Å². The summed E-state index contributed by atoms with van der Waals surface area (Å²) in [6, 6.07) is 13.7. The van der Waals surface area contributed by atoms with Crippen molar-refractivity contribution in [2.45, 2.75) is 38.5 Å². The average molecular weight is 389 g/mol. The van der Waals surface area contributed by atoms with Gasteiger partial charge in [-0.1, -0.05) is 23.4 Å². The summed E-state index contributed by atoms with van der Waals surface area (Å²) < 4.78 is 11.0. The maximum atomic E-state index is 9.38. The highest BCUT2D eigenvalue weighted by Gasteiger charge is 2.26. The number of rotatable bonds is 7. The van der Waals surface area contributed by atoms with E-state index in [1.807, 2.05) is 25.1 Å². The maximum absolute atomic E-state index is 9.38. The highest BCUT2D eigenvalue weighted by molar-refractivity contribution is 5.67. The molecule has 6 heteroatoms. The van der Waals surface area contributed by atoms with Crippen LogP contribution in [0.2, 0.25) is 0 Å². The van der Waals surface area contributed by atoms with Gasteiger partial charge in [0.15, 0.2) is 0 Å². The number of aliphatic hydroxyl groups excluding tert-OH is 1. The third-order valence-corrected chi connectivity index (χ3v) is 5.42. The summed E-state index contributed by atoms with van der Waals surface area (Å²) in [4.78, 5) is 4.60. The molecule has 4 rings (SSSR count). The van der Waals surface area contributed by atoms with Crippen LogP contribution in [0.25, 0.3) is 22.8 Å². The molecule has 0 aliphatic heterocycles. The Morgan fingerprint density at radius 1 is 1.31 bits per heavy atom. The predicted molar refractivity (Wildman–Crippen MR) is 108 cm³/mol. The van der Waals surface area contributed by atoms with Crippen LogP contribution in [0.4, 0.5) is 0 Å². The Balaban J connectivity index is 1.64. The minimum atomic E-state index is 0.229. The largest absolute Gasteiger partial charge is 0.492 e. The summed E-state index contributed by atoms with van der Waals surface area (Å²) in [5.74, 6) is 1.97. The SMILES string of the molecule is CCOc1ccc(-c2nc(-c3cccc4c3CC[C@H]4CCCO)no2)cc1C#N. The van der Waals surface area contributed by atoms with E-state index in [4.69, 9.17) is 14.4 Å².